The van der Waals surface area contributed by atoms with E-state index in [2.05, 4.69) is 17.6 Å². The van der Waals surface area contributed by atoms with E-state index in [4.69, 9.17) is 4.74 Å². The highest BCUT2D eigenvalue weighted by Crippen LogP contribution is 2.24. The normalized spacial score (nSPS) is 34.6. The molecule has 0 aromatic rings. The van der Waals surface area contributed by atoms with Gasteiger partial charge >= 0.3 is 0 Å². The molecule has 2 fully saturated rings. The van der Waals surface area contributed by atoms with Crippen LogP contribution in [-0.4, -0.2) is 49.5 Å². The molecule has 1 amide bonds. The third kappa shape index (κ3) is 4.16. The van der Waals surface area contributed by atoms with Crippen LogP contribution in [0.4, 0.5) is 0 Å². The molecule has 1 saturated carbocycles. The van der Waals surface area contributed by atoms with Crippen LogP contribution in [0.1, 0.15) is 32.6 Å². The molecule has 19 heavy (non-hydrogen) atoms. The average Bonchev–Trinajstić information content (AvgIpc) is 3.02. The molecule has 0 bridgehead atoms. The van der Waals surface area contributed by atoms with Crippen LogP contribution in [0.5, 0.6) is 0 Å². The van der Waals surface area contributed by atoms with Gasteiger partial charge in [0.05, 0.1) is 25.2 Å². The molecule has 1 saturated heterocycles. The lowest BCUT2D eigenvalue weighted by atomic mass is 10.0. The van der Waals surface area contributed by atoms with E-state index in [0.717, 1.165) is 32.2 Å². The summed E-state index contributed by atoms with van der Waals surface area (Å²) in [7, 11) is 0. The molecule has 2 rings (SSSR count). The van der Waals surface area contributed by atoms with Crippen molar-refractivity contribution in [1.29, 1.82) is 0 Å². The Labute approximate surface area is 115 Å². The average molecular weight is 270 g/mol. The Morgan fingerprint density at radius 2 is 2.21 bits per heavy atom. The van der Waals surface area contributed by atoms with Gasteiger partial charge in [-0.05, 0) is 38.1 Å². The fourth-order valence-electron chi connectivity index (χ4n) is 2.95. The molecule has 1 heterocycles. The van der Waals surface area contributed by atoms with Crippen LogP contribution >= 0.6 is 0 Å². The summed E-state index contributed by atoms with van der Waals surface area (Å²) in [5.74, 6) is 0.452. The fraction of sp³-hybridized carbons (Fsp3) is 0.929. The number of carbonyl (C=O) groups excluding carboxylic acids is 1. The van der Waals surface area contributed by atoms with Crippen molar-refractivity contribution < 1.29 is 14.6 Å². The van der Waals surface area contributed by atoms with E-state index in [1.807, 2.05) is 0 Å². The lowest BCUT2D eigenvalue weighted by molar-refractivity contribution is -0.125. The number of carbonyl (C=O) groups is 1. The molecule has 2 aliphatic rings. The molecule has 4 unspecified atom stereocenters. The minimum absolute atomic E-state index is 0.0714. The molecule has 0 radical (unpaired) electrons. The molecule has 0 spiro atoms. The first-order chi connectivity index (χ1) is 9.20. The minimum atomic E-state index is -0.171. The molecule has 3 N–H and O–H groups in total. The van der Waals surface area contributed by atoms with E-state index in [9.17, 15) is 9.90 Å². The van der Waals surface area contributed by atoms with Gasteiger partial charge in [0.1, 0.15) is 0 Å². The smallest absolute Gasteiger partial charge is 0.227 e. The summed E-state index contributed by atoms with van der Waals surface area (Å²) in [6.07, 6.45) is 3.59. The molecule has 0 aromatic carbocycles. The number of ether oxygens (including phenoxy) is 1. The van der Waals surface area contributed by atoms with Gasteiger partial charge < -0.3 is 20.5 Å². The third-order valence-corrected chi connectivity index (χ3v) is 4.15. The van der Waals surface area contributed by atoms with Crippen LogP contribution in [0, 0.1) is 11.8 Å². The van der Waals surface area contributed by atoms with Gasteiger partial charge in [-0.25, -0.2) is 0 Å². The van der Waals surface area contributed by atoms with E-state index in [1.54, 1.807) is 0 Å². The molecule has 5 heteroatoms. The zero-order valence-corrected chi connectivity index (χ0v) is 11.7. The summed E-state index contributed by atoms with van der Waals surface area (Å²) in [4.78, 5) is 12.2. The highest BCUT2D eigenvalue weighted by Gasteiger charge is 2.34. The minimum Gasteiger partial charge on any atom is -0.393 e. The van der Waals surface area contributed by atoms with Crippen molar-refractivity contribution in [3.63, 3.8) is 0 Å². The van der Waals surface area contributed by atoms with Crippen LogP contribution in [0.2, 0.25) is 0 Å². The first-order valence-corrected chi connectivity index (χ1v) is 7.47. The van der Waals surface area contributed by atoms with Gasteiger partial charge in [-0.2, -0.15) is 0 Å². The van der Waals surface area contributed by atoms with Crippen molar-refractivity contribution in [2.45, 2.75) is 44.8 Å². The Balaban J connectivity index is 1.72. The number of rotatable bonds is 6. The largest absolute Gasteiger partial charge is 0.393 e. The predicted molar refractivity (Wildman–Crippen MR) is 72.7 cm³/mol. The summed E-state index contributed by atoms with van der Waals surface area (Å²) in [6, 6.07) is 0.147. The van der Waals surface area contributed by atoms with Crippen molar-refractivity contribution in [3.05, 3.63) is 0 Å². The maximum Gasteiger partial charge on any atom is 0.227 e. The molecule has 1 aliphatic carbocycles. The van der Waals surface area contributed by atoms with Crippen molar-refractivity contribution >= 4 is 5.91 Å². The molecule has 110 valence electrons. The van der Waals surface area contributed by atoms with E-state index >= 15 is 0 Å². The van der Waals surface area contributed by atoms with Gasteiger partial charge in [0.25, 0.3) is 0 Å². The highest BCUT2D eigenvalue weighted by molar-refractivity contribution is 5.79. The maximum absolute atomic E-state index is 12.2. The summed E-state index contributed by atoms with van der Waals surface area (Å²) in [5.41, 5.74) is 0. The summed E-state index contributed by atoms with van der Waals surface area (Å²) in [6.45, 7) is 4.86. The van der Waals surface area contributed by atoms with Crippen LogP contribution in [-0.2, 0) is 9.53 Å². The first kappa shape index (κ1) is 14.8. The Hall–Kier alpha value is -0.650. The number of hydrogen-bond acceptors (Lipinski definition) is 4. The van der Waals surface area contributed by atoms with Gasteiger partial charge in [-0.15, -0.1) is 0 Å². The molecule has 5 nitrogen and oxygen atoms in total. The number of aliphatic hydroxyl groups excluding tert-OH is 1. The second-order valence-corrected chi connectivity index (χ2v) is 5.78. The van der Waals surface area contributed by atoms with Gasteiger partial charge in [-0.1, -0.05) is 6.92 Å². The zero-order valence-electron chi connectivity index (χ0n) is 11.7. The van der Waals surface area contributed by atoms with Crippen LogP contribution in [0.25, 0.3) is 0 Å². The van der Waals surface area contributed by atoms with Crippen LogP contribution < -0.4 is 10.6 Å². The SMILES string of the molecule is CCCNC1COCC1C(=O)NCC1CCC(O)C1. The summed E-state index contributed by atoms with van der Waals surface area (Å²) >= 11 is 0. The number of nitrogens with one attached hydrogen (secondary N) is 2. The lowest BCUT2D eigenvalue weighted by Crippen LogP contribution is -2.45. The number of amides is 1. The summed E-state index contributed by atoms with van der Waals surface area (Å²) in [5, 5.41) is 15.9. The fourth-order valence-corrected chi connectivity index (χ4v) is 2.95. The monoisotopic (exact) mass is 270 g/mol. The van der Waals surface area contributed by atoms with Gasteiger partial charge in [0, 0.05) is 12.6 Å². The molecule has 4 atom stereocenters. The molecule has 1 aliphatic heterocycles. The molecule has 0 aromatic heterocycles. The van der Waals surface area contributed by atoms with E-state index < -0.39 is 0 Å². The number of aliphatic hydroxyl groups is 1. The molecular weight excluding hydrogens is 244 g/mol. The van der Waals surface area contributed by atoms with E-state index in [0.29, 0.717) is 25.7 Å². The topological polar surface area (TPSA) is 70.6 Å². The Kier molecular flexibility index (Phi) is 5.60. The zero-order chi connectivity index (χ0) is 13.7. The highest BCUT2D eigenvalue weighted by atomic mass is 16.5. The lowest BCUT2D eigenvalue weighted by Gasteiger charge is -2.19. The number of hydrogen-bond donors (Lipinski definition) is 3. The first-order valence-electron chi connectivity index (χ1n) is 7.47. The van der Waals surface area contributed by atoms with Crippen LogP contribution in [0.3, 0.4) is 0 Å². The van der Waals surface area contributed by atoms with Crippen molar-refractivity contribution in [3.8, 4) is 0 Å². The Morgan fingerprint density at radius 1 is 1.37 bits per heavy atom. The second-order valence-electron chi connectivity index (χ2n) is 5.78. The van der Waals surface area contributed by atoms with Gasteiger partial charge in [-0.3, -0.25) is 4.79 Å². The maximum atomic E-state index is 12.2. The van der Waals surface area contributed by atoms with Crippen LogP contribution in [0.15, 0.2) is 0 Å². The van der Waals surface area contributed by atoms with E-state index in [1.165, 1.54) is 0 Å². The Bertz CT molecular complexity index is 298. The van der Waals surface area contributed by atoms with Crippen molar-refractivity contribution in [2.75, 3.05) is 26.3 Å². The van der Waals surface area contributed by atoms with Crippen molar-refractivity contribution in [2.24, 2.45) is 11.8 Å². The van der Waals surface area contributed by atoms with Gasteiger partial charge in [0.15, 0.2) is 0 Å². The summed E-state index contributed by atoms with van der Waals surface area (Å²) < 4.78 is 5.41. The predicted octanol–water partition coefficient (Wildman–Crippen LogP) is 0.278. The van der Waals surface area contributed by atoms with Crippen molar-refractivity contribution in [1.82, 2.24) is 10.6 Å². The second kappa shape index (κ2) is 7.22. The quantitative estimate of drug-likeness (QED) is 0.648. The van der Waals surface area contributed by atoms with Gasteiger partial charge in [0.2, 0.25) is 5.91 Å². The Morgan fingerprint density at radius 3 is 2.89 bits per heavy atom. The van der Waals surface area contributed by atoms with E-state index in [-0.39, 0.29) is 24.0 Å². The standard InChI is InChI=1S/C14H26N2O3/c1-2-5-15-13-9-19-8-12(13)14(18)16-7-10-3-4-11(17)6-10/h10-13,15,17H,2-9H2,1H3,(H,16,18). The third-order valence-electron chi connectivity index (χ3n) is 4.15. The molecular formula is C14H26N2O3.